The summed E-state index contributed by atoms with van der Waals surface area (Å²) in [4.78, 5) is 11.5. The summed E-state index contributed by atoms with van der Waals surface area (Å²) >= 11 is 0. The molecule has 3 heteroatoms. The maximum absolute atomic E-state index is 11.5. The number of hydrogen-bond acceptors (Lipinski definition) is 2. The molecule has 26 heavy (non-hydrogen) atoms. The van der Waals surface area contributed by atoms with Gasteiger partial charge in [0.05, 0.1) is 5.41 Å². The number of benzene rings is 2. The van der Waals surface area contributed by atoms with Crippen LogP contribution in [0.15, 0.2) is 60.7 Å². The van der Waals surface area contributed by atoms with Gasteiger partial charge in [0, 0.05) is 6.04 Å². The van der Waals surface area contributed by atoms with Crippen molar-refractivity contribution in [2.24, 2.45) is 11.1 Å². The molecular weight excluding hydrogens is 322 g/mol. The normalized spacial score (nSPS) is 14.5. The Balaban J connectivity index is 0.000000314. The molecule has 0 bridgehead atoms. The molecule has 0 aliphatic carbocycles. The first kappa shape index (κ1) is 21.9. The number of hydrogen-bond donors (Lipinski definition) is 2. The Bertz CT molecular complexity index is 660. The van der Waals surface area contributed by atoms with Crippen LogP contribution in [0.3, 0.4) is 0 Å². The smallest absolute Gasteiger partial charge is 0.313 e. The number of carboxylic acids is 1. The van der Waals surface area contributed by atoms with Crippen LogP contribution in [0, 0.1) is 5.41 Å². The first-order valence-electron chi connectivity index (χ1n) is 9.16. The molecule has 0 fully saturated rings. The third-order valence-electron chi connectivity index (χ3n) is 4.58. The zero-order chi connectivity index (χ0) is 19.8. The van der Waals surface area contributed by atoms with E-state index in [-0.39, 0.29) is 11.5 Å². The van der Waals surface area contributed by atoms with Crippen molar-refractivity contribution >= 4 is 5.97 Å². The summed E-state index contributed by atoms with van der Waals surface area (Å²) in [6, 6.07) is 19.7. The van der Waals surface area contributed by atoms with Gasteiger partial charge in [-0.3, -0.25) is 4.79 Å². The summed E-state index contributed by atoms with van der Waals surface area (Å²) < 4.78 is 0. The highest BCUT2D eigenvalue weighted by molar-refractivity contribution is 5.80. The van der Waals surface area contributed by atoms with Crippen molar-refractivity contribution in [1.82, 2.24) is 0 Å². The minimum atomic E-state index is -0.783. The first-order chi connectivity index (χ1) is 12.1. The Morgan fingerprint density at radius 2 is 1.38 bits per heavy atom. The highest BCUT2D eigenvalue weighted by atomic mass is 16.4. The molecule has 0 aliphatic heterocycles. The van der Waals surface area contributed by atoms with Gasteiger partial charge >= 0.3 is 5.97 Å². The fraction of sp³-hybridized carbons (Fsp3) is 0.435. The SMILES string of the molecule is CC(C)(C)CC[C@@](C)(C(=O)O)c1ccccc1.C[C@H](N)c1ccccc1. The van der Waals surface area contributed by atoms with E-state index in [1.165, 1.54) is 5.56 Å². The maximum Gasteiger partial charge on any atom is 0.313 e. The Morgan fingerprint density at radius 3 is 1.73 bits per heavy atom. The lowest BCUT2D eigenvalue weighted by atomic mass is 9.74. The van der Waals surface area contributed by atoms with Crippen LogP contribution in [0.25, 0.3) is 0 Å². The first-order valence-corrected chi connectivity index (χ1v) is 9.16. The molecule has 0 amide bonds. The van der Waals surface area contributed by atoms with Crippen molar-refractivity contribution < 1.29 is 9.90 Å². The summed E-state index contributed by atoms with van der Waals surface area (Å²) in [5.74, 6) is -0.743. The van der Waals surface area contributed by atoms with Crippen LogP contribution >= 0.6 is 0 Å². The highest BCUT2D eigenvalue weighted by Gasteiger charge is 2.35. The Morgan fingerprint density at radius 1 is 0.923 bits per heavy atom. The van der Waals surface area contributed by atoms with Gasteiger partial charge in [-0.05, 0) is 43.2 Å². The number of aliphatic carboxylic acids is 1. The zero-order valence-electron chi connectivity index (χ0n) is 16.7. The quantitative estimate of drug-likeness (QED) is 0.738. The molecule has 0 radical (unpaired) electrons. The van der Waals surface area contributed by atoms with E-state index in [0.29, 0.717) is 6.42 Å². The summed E-state index contributed by atoms with van der Waals surface area (Å²) in [5, 5.41) is 9.48. The van der Waals surface area contributed by atoms with E-state index in [9.17, 15) is 9.90 Å². The van der Waals surface area contributed by atoms with Crippen LogP contribution in [0.2, 0.25) is 0 Å². The van der Waals surface area contributed by atoms with E-state index in [1.54, 1.807) is 0 Å². The number of carboxylic acid groups (broad SMARTS) is 1. The lowest BCUT2D eigenvalue weighted by molar-refractivity contribution is -0.143. The van der Waals surface area contributed by atoms with E-state index in [1.807, 2.05) is 74.5 Å². The van der Waals surface area contributed by atoms with E-state index < -0.39 is 11.4 Å². The molecule has 3 nitrogen and oxygen atoms in total. The topological polar surface area (TPSA) is 63.3 Å². The molecule has 2 atom stereocenters. The molecule has 0 unspecified atom stereocenters. The predicted molar refractivity (Wildman–Crippen MR) is 109 cm³/mol. The second-order valence-corrected chi connectivity index (χ2v) is 8.26. The maximum atomic E-state index is 11.5. The molecule has 0 saturated heterocycles. The fourth-order valence-electron chi connectivity index (χ4n) is 2.56. The third kappa shape index (κ3) is 7.01. The molecule has 3 N–H and O–H groups in total. The van der Waals surface area contributed by atoms with Gasteiger partial charge in [0.1, 0.15) is 0 Å². The fourth-order valence-corrected chi connectivity index (χ4v) is 2.56. The summed E-state index contributed by atoms with van der Waals surface area (Å²) in [6.07, 6.45) is 1.56. The van der Waals surface area contributed by atoms with Crippen LogP contribution < -0.4 is 5.73 Å². The van der Waals surface area contributed by atoms with Gasteiger partial charge in [0.15, 0.2) is 0 Å². The molecule has 0 aliphatic rings. The van der Waals surface area contributed by atoms with E-state index >= 15 is 0 Å². The average Bonchev–Trinajstić information content (AvgIpc) is 2.61. The van der Waals surface area contributed by atoms with E-state index in [2.05, 4.69) is 20.8 Å². The van der Waals surface area contributed by atoms with Crippen molar-refractivity contribution in [3.63, 3.8) is 0 Å². The lowest BCUT2D eigenvalue weighted by Gasteiger charge is -2.29. The van der Waals surface area contributed by atoms with Gasteiger partial charge in [0.25, 0.3) is 0 Å². The van der Waals surface area contributed by atoms with Crippen molar-refractivity contribution in [2.45, 2.75) is 58.9 Å². The van der Waals surface area contributed by atoms with Crippen molar-refractivity contribution in [2.75, 3.05) is 0 Å². The number of rotatable bonds is 5. The van der Waals surface area contributed by atoms with Crippen molar-refractivity contribution in [3.05, 3.63) is 71.8 Å². The molecule has 2 rings (SSSR count). The molecule has 0 heterocycles. The van der Waals surface area contributed by atoms with Gasteiger partial charge < -0.3 is 10.8 Å². The van der Waals surface area contributed by atoms with Crippen LogP contribution in [0.4, 0.5) is 0 Å². The molecule has 0 spiro atoms. The van der Waals surface area contributed by atoms with Crippen LogP contribution in [0.1, 0.15) is 64.6 Å². The largest absolute Gasteiger partial charge is 0.481 e. The Labute approximate surface area is 158 Å². The standard InChI is InChI=1S/C15H22O2.C8H11N/c1-14(2,3)10-11-15(4,13(16)17)12-8-6-5-7-9-12;1-7(9)8-5-3-2-4-6-8/h5-9H,10-11H2,1-4H3,(H,16,17);2-7H,9H2,1H3/t15-;7-/m10/s1. The molecule has 0 saturated carbocycles. The van der Waals surface area contributed by atoms with E-state index in [0.717, 1.165) is 12.0 Å². The Hall–Kier alpha value is -2.13. The number of carbonyl (C=O) groups is 1. The van der Waals surface area contributed by atoms with E-state index in [4.69, 9.17) is 5.73 Å². The van der Waals surface area contributed by atoms with Crippen molar-refractivity contribution in [1.29, 1.82) is 0 Å². The van der Waals surface area contributed by atoms with Gasteiger partial charge in [0.2, 0.25) is 0 Å². The van der Waals surface area contributed by atoms with Gasteiger partial charge in [-0.15, -0.1) is 0 Å². The monoisotopic (exact) mass is 355 g/mol. The Kier molecular flexibility index (Phi) is 8.04. The van der Waals surface area contributed by atoms with Gasteiger partial charge in [-0.1, -0.05) is 81.4 Å². The molecule has 2 aromatic carbocycles. The molecule has 142 valence electrons. The summed E-state index contributed by atoms with van der Waals surface area (Å²) in [6.45, 7) is 10.2. The van der Waals surface area contributed by atoms with Crippen molar-refractivity contribution in [3.8, 4) is 0 Å². The van der Waals surface area contributed by atoms with Gasteiger partial charge in [-0.25, -0.2) is 0 Å². The second-order valence-electron chi connectivity index (χ2n) is 8.26. The summed E-state index contributed by atoms with van der Waals surface area (Å²) in [5.41, 5.74) is 7.07. The van der Waals surface area contributed by atoms with Crippen LogP contribution in [-0.2, 0) is 10.2 Å². The predicted octanol–water partition coefficient (Wildman–Crippen LogP) is 5.56. The summed E-state index contributed by atoms with van der Waals surface area (Å²) in [7, 11) is 0. The zero-order valence-corrected chi connectivity index (χ0v) is 16.7. The minimum absolute atomic E-state index is 0.158. The number of nitrogens with two attached hydrogens (primary N) is 1. The molecule has 2 aromatic rings. The second kappa shape index (κ2) is 9.54. The average molecular weight is 356 g/mol. The highest BCUT2D eigenvalue weighted by Crippen LogP contribution is 2.34. The molecule has 0 aromatic heterocycles. The third-order valence-corrected chi connectivity index (χ3v) is 4.58. The van der Waals surface area contributed by atoms with Crippen LogP contribution in [0.5, 0.6) is 0 Å². The minimum Gasteiger partial charge on any atom is -0.481 e. The van der Waals surface area contributed by atoms with Gasteiger partial charge in [-0.2, -0.15) is 0 Å². The lowest BCUT2D eigenvalue weighted by Crippen LogP contribution is -2.33. The van der Waals surface area contributed by atoms with Crippen LogP contribution in [-0.4, -0.2) is 11.1 Å². The molecular formula is C23H33NO2.